The summed E-state index contributed by atoms with van der Waals surface area (Å²) in [6, 6.07) is 24.8. The predicted octanol–water partition coefficient (Wildman–Crippen LogP) is 6.78. The van der Waals surface area contributed by atoms with E-state index in [9.17, 15) is 24.9 Å². The van der Waals surface area contributed by atoms with Crippen LogP contribution >= 0.6 is 0 Å². The first kappa shape index (κ1) is 27.3. The molecule has 0 aliphatic rings. The Morgan fingerprint density at radius 2 is 1.10 bits per heavy atom. The van der Waals surface area contributed by atoms with Crippen LogP contribution in [0.1, 0.15) is 60.3 Å². The van der Waals surface area contributed by atoms with Crippen LogP contribution in [0.25, 0.3) is 0 Å². The molecule has 200 valence electrons. The van der Waals surface area contributed by atoms with E-state index in [-0.39, 0.29) is 29.3 Å². The maximum atomic E-state index is 11.5. The van der Waals surface area contributed by atoms with Crippen LogP contribution in [0.2, 0.25) is 0 Å². The van der Waals surface area contributed by atoms with Gasteiger partial charge < -0.3 is 24.8 Å². The summed E-state index contributed by atoms with van der Waals surface area (Å²) >= 11 is 0. The molecule has 0 spiro atoms. The number of hydrogen-bond acceptors (Lipinski definition) is 6. The van der Waals surface area contributed by atoms with Crippen LogP contribution in [0.15, 0.2) is 84.9 Å². The summed E-state index contributed by atoms with van der Waals surface area (Å²) in [5, 5.41) is 29.1. The standard InChI is InChI=1S/C32H30O7/c1-31(2,22-9-15-27(34)26(17-22)30(36)37)20-5-11-24(12-6-20)39-25-13-7-21(8-14-25)32(3,4)23-10-16-28(35)29(18-23)38-19-33/h5-19,34-35H,1-4H3,(H,36,37). The van der Waals surface area contributed by atoms with Crippen LogP contribution in [-0.2, 0) is 15.6 Å². The number of aromatic carboxylic acids is 1. The van der Waals surface area contributed by atoms with Gasteiger partial charge in [0.25, 0.3) is 6.47 Å². The highest BCUT2D eigenvalue weighted by Gasteiger charge is 2.26. The topological polar surface area (TPSA) is 113 Å². The summed E-state index contributed by atoms with van der Waals surface area (Å²) in [7, 11) is 0. The summed E-state index contributed by atoms with van der Waals surface area (Å²) < 4.78 is 10.9. The molecule has 0 radical (unpaired) electrons. The van der Waals surface area contributed by atoms with Crippen LogP contribution < -0.4 is 9.47 Å². The number of benzene rings is 4. The van der Waals surface area contributed by atoms with Crippen LogP contribution in [0.3, 0.4) is 0 Å². The second-order valence-electron chi connectivity index (χ2n) is 10.3. The summed E-state index contributed by atoms with van der Waals surface area (Å²) in [5.74, 6) is -0.139. The van der Waals surface area contributed by atoms with Gasteiger partial charge >= 0.3 is 5.97 Å². The predicted molar refractivity (Wildman–Crippen MR) is 147 cm³/mol. The fourth-order valence-corrected chi connectivity index (χ4v) is 4.49. The maximum Gasteiger partial charge on any atom is 0.339 e. The molecule has 4 aromatic carbocycles. The van der Waals surface area contributed by atoms with Crippen molar-refractivity contribution in [2.24, 2.45) is 0 Å². The van der Waals surface area contributed by atoms with Gasteiger partial charge in [-0.3, -0.25) is 4.79 Å². The van der Waals surface area contributed by atoms with Gasteiger partial charge in [0.05, 0.1) is 0 Å². The Kier molecular flexibility index (Phi) is 7.36. The van der Waals surface area contributed by atoms with Crippen LogP contribution in [-0.4, -0.2) is 27.8 Å². The van der Waals surface area contributed by atoms with Gasteiger partial charge in [-0.2, -0.15) is 0 Å². The highest BCUT2D eigenvalue weighted by molar-refractivity contribution is 5.91. The molecule has 0 saturated heterocycles. The molecule has 0 aromatic heterocycles. The van der Waals surface area contributed by atoms with E-state index in [2.05, 4.69) is 0 Å². The first-order valence-corrected chi connectivity index (χ1v) is 12.3. The molecule has 0 aliphatic carbocycles. The molecule has 0 atom stereocenters. The lowest BCUT2D eigenvalue weighted by Gasteiger charge is -2.27. The normalized spacial score (nSPS) is 11.6. The lowest BCUT2D eigenvalue weighted by Crippen LogP contribution is -2.19. The number of aromatic hydroxyl groups is 2. The van der Waals surface area contributed by atoms with Crippen molar-refractivity contribution >= 4 is 12.4 Å². The number of carboxylic acids is 1. The lowest BCUT2D eigenvalue weighted by molar-refractivity contribution is -0.120. The Bertz CT molecular complexity index is 1500. The molecule has 39 heavy (non-hydrogen) atoms. The SMILES string of the molecule is CC(C)(c1ccc(Oc2ccc(C(C)(C)c3ccc(O)c(C(=O)O)c3)cc2)cc1)c1ccc(O)c(OC=O)c1. The van der Waals surface area contributed by atoms with Crippen LogP contribution in [0.4, 0.5) is 0 Å². The van der Waals surface area contributed by atoms with Gasteiger partial charge in [0.15, 0.2) is 11.5 Å². The number of carboxylic acid groups (broad SMARTS) is 1. The van der Waals surface area contributed by atoms with E-state index in [1.54, 1.807) is 18.2 Å². The number of carbonyl (C=O) groups excluding carboxylic acids is 1. The molecule has 0 unspecified atom stereocenters. The smallest absolute Gasteiger partial charge is 0.339 e. The second-order valence-corrected chi connectivity index (χ2v) is 10.3. The minimum absolute atomic E-state index is 0.104. The average Bonchev–Trinajstić information content (AvgIpc) is 2.90. The van der Waals surface area contributed by atoms with Gasteiger partial charge in [-0.15, -0.1) is 0 Å². The summed E-state index contributed by atoms with van der Waals surface area (Å²) in [4.78, 5) is 22.2. The second kappa shape index (κ2) is 10.5. The first-order chi connectivity index (χ1) is 18.4. The van der Waals surface area contributed by atoms with Gasteiger partial charge in [0.2, 0.25) is 0 Å². The van der Waals surface area contributed by atoms with E-state index in [0.29, 0.717) is 11.5 Å². The highest BCUT2D eigenvalue weighted by atomic mass is 16.5. The zero-order valence-electron chi connectivity index (χ0n) is 22.1. The number of carbonyl (C=O) groups is 2. The summed E-state index contributed by atoms with van der Waals surface area (Å²) in [6.07, 6.45) is 0. The first-order valence-electron chi connectivity index (χ1n) is 12.3. The molecule has 0 bridgehead atoms. The zero-order valence-corrected chi connectivity index (χ0v) is 22.1. The number of phenols is 2. The average molecular weight is 527 g/mol. The van der Waals surface area contributed by atoms with Gasteiger partial charge in [0, 0.05) is 10.8 Å². The van der Waals surface area contributed by atoms with Gasteiger partial charge in [-0.1, -0.05) is 64.1 Å². The molecule has 7 nitrogen and oxygen atoms in total. The van der Waals surface area contributed by atoms with Gasteiger partial charge in [-0.25, -0.2) is 4.79 Å². The van der Waals surface area contributed by atoms with E-state index in [1.165, 1.54) is 18.2 Å². The molecule has 7 heteroatoms. The Labute approximate surface area is 226 Å². The largest absolute Gasteiger partial charge is 0.507 e. The lowest BCUT2D eigenvalue weighted by atomic mass is 9.77. The van der Waals surface area contributed by atoms with Crippen LogP contribution in [0, 0.1) is 0 Å². The molecule has 0 saturated carbocycles. The molecule has 0 fully saturated rings. The van der Waals surface area contributed by atoms with E-state index in [0.717, 1.165) is 22.3 Å². The third-order valence-corrected chi connectivity index (χ3v) is 7.19. The minimum atomic E-state index is -1.18. The Morgan fingerprint density at radius 1 is 0.667 bits per heavy atom. The molecule has 0 amide bonds. The number of ether oxygens (including phenoxy) is 2. The fourth-order valence-electron chi connectivity index (χ4n) is 4.49. The summed E-state index contributed by atoms with van der Waals surface area (Å²) in [5.41, 5.74) is 2.53. The van der Waals surface area contributed by atoms with Crippen molar-refractivity contribution in [1.82, 2.24) is 0 Å². The Morgan fingerprint density at radius 3 is 1.56 bits per heavy atom. The van der Waals surface area contributed by atoms with Crippen LogP contribution in [0.5, 0.6) is 28.7 Å². The molecule has 4 aromatic rings. The number of phenolic OH excluding ortho intramolecular Hbond substituents is 1. The molecule has 3 N–H and O–H groups in total. The van der Waals surface area contributed by atoms with Crippen molar-refractivity contribution in [3.63, 3.8) is 0 Å². The highest BCUT2D eigenvalue weighted by Crippen LogP contribution is 2.38. The third-order valence-electron chi connectivity index (χ3n) is 7.19. The van der Waals surface area contributed by atoms with E-state index >= 15 is 0 Å². The molecule has 0 aliphatic heterocycles. The fraction of sp³-hybridized carbons (Fsp3) is 0.188. The van der Waals surface area contributed by atoms with Crippen molar-refractivity contribution in [3.05, 3.63) is 113 Å². The Balaban J connectivity index is 1.51. The van der Waals surface area contributed by atoms with E-state index < -0.39 is 16.8 Å². The minimum Gasteiger partial charge on any atom is -0.507 e. The monoisotopic (exact) mass is 526 g/mol. The van der Waals surface area contributed by atoms with Crippen molar-refractivity contribution in [2.45, 2.75) is 38.5 Å². The van der Waals surface area contributed by atoms with E-state index in [4.69, 9.17) is 9.47 Å². The summed E-state index contributed by atoms with van der Waals surface area (Å²) in [6.45, 7) is 8.34. The van der Waals surface area contributed by atoms with Gasteiger partial charge in [-0.05, 0) is 70.8 Å². The molecule has 0 heterocycles. The zero-order chi connectivity index (χ0) is 28.4. The van der Waals surface area contributed by atoms with Gasteiger partial charge in [0.1, 0.15) is 22.8 Å². The maximum absolute atomic E-state index is 11.5. The third kappa shape index (κ3) is 5.57. The van der Waals surface area contributed by atoms with E-state index in [1.807, 2.05) is 76.2 Å². The quantitative estimate of drug-likeness (QED) is 0.206. The van der Waals surface area contributed by atoms with Crippen molar-refractivity contribution in [3.8, 4) is 28.7 Å². The molecular formula is C32H30O7. The van der Waals surface area contributed by atoms with Crippen molar-refractivity contribution < 1.29 is 34.4 Å². The molecular weight excluding hydrogens is 496 g/mol. The number of rotatable bonds is 9. The number of hydrogen-bond donors (Lipinski definition) is 3. The Hall–Kier alpha value is -4.78. The van der Waals surface area contributed by atoms with Crippen molar-refractivity contribution in [1.29, 1.82) is 0 Å². The van der Waals surface area contributed by atoms with Crippen molar-refractivity contribution in [2.75, 3.05) is 0 Å². The molecule has 4 rings (SSSR count).